The van der Waals surface area contributed by atoms with Gasteiger partial charge in [0.25, 0.3) is 0 Å². The normalized spacial score (nSPS) is 7.71. The second-order valence-electron chi connectivity index (χ2n) is 3.92. The number of halogens is 1. The molecule has 0 aromatic heterocycles. The Morgan fingerprint density at radius 1 is 0.941 bits per heavy atom. The SMILES string of the molecule is C[Si](C)=[Zr].Cc1cc[cH-]c1.Cc1cc[cH-]c1.[Cl-]. The minimum Gasteiger partial charge on any atom is -1.00 e. The minimum atomic E-state index is 0. The molecule has 0 heterocycles. The topological polar surface area (TPSA) is 0 Å². The maximum atomic E-state index is 2.31. The number of rotatable bonds is 0. The van der Waals surface area contributed by atoms with Crippen molar-refractivity contribution in [1.29, 1.82) is 0 Å². The van der Waals surface area contributed by atoms with Crippen molar-refractivity contribution >= 4 is 5.43 Å². The van der Waals surface area contributed by atoms with E-state index in [9.17, 15) is 0 Å². The summed E-state index contributed by atoms with van der Waals surface area (Å²) < 4.78 is 0. The number of aryl methyl sites for hydroxylation is 2. The first kappa shape index (κ1) is 19.4. The van der Waals surface area contributed by atoms with Gasteiger partial charge in [0.05, 0.1) is 0 Å². The molecule has 0 saturated heterocycles. The van der Waals surface area contributed by atoms with Crippen LogP contribution in [0.5, 0.6) is 0 Å². The Morgan fingerprint density at radius 3 is 1.29 bits per heavy atom. The fourth-order valence-corrected chi connectivity index (χ4v) is 0.940. The van der Waals surface area contributed by atoms with Gasteiger partial charge < -0.3 is 12.4 Å². The zero-order valence-electron chi connectivity index (χ0n) is 11.0. The quantitative estimate of drug-likeness (QED) is 0.499. The van der Waals surface area contributed by atoms with Gasteiger partial charge in [-0.2, -0.15) is 36.4 Å². The van der Waals surface area contributed by atoms with E-state index in [-0.39, 0.29) is 17.8 Å². The van der Waals surface area contributed by atoms with Crippen molar-refractivity contribution in [2.24, 2.45) is 0 Å². The predicted molar refractivity (Wildman–Crippen MR) is 71.0 cm³/mol. The van der Waals surface area contributed by atoms with Gasteiger partial charge in [-0.25, -0.2) is 23.3 Å². The average Bonchev–Trinajstić information content (AvgIpc) is 2.78. The van der Waals surface area contributed by atoms with E-state index < -0.39 is 0 Å². The third kappa shape index (κ3) is 16.1. The Bertz CT molecular complexity index is 327. The van der Waals surface area contributed by atoms with E-state index in [2.05, 4.69) is 51.2 Å². The van der Waals surface area contributed by atoms with Crippen molar-refractivity contribution in [3.05, 3.63) is 59.7 Å². The molecule has 0 spiro atoms. The molecule has 0 aliphatic carbocycles. The standard InChI is InChI=1S/2C6H7.C2H6Si.ClH.Zr/c2*1-6-4-2-3-5-6;1-3-2;;/h2*2-5H,1H3;1-2H3;1H;/q2*-1;;;/p-1. The second-order valence-corrected chi connectivity index (χ2v) is 13.3. The molecular weight excluding hydrogens is 323 g/mol. The first-order valence-electron chi connectivity index (χ1n) is 5.40. The van der Waals surface area contributed by atoms with E-state index in [0.29, 0.717) is 0 Å². The second kappa shape index (κ2) is 12.5. The van der Waals surface area contributed by atoms with Gasteiger partial charge in [-0.05, 0) is 0 Å². The Morgan fingerprint density at radius 2 is 1.24 bits per heavy atom. The molecule has 0 atom stereocenters. The zero-order valence-corrected chi connectivity index (χ0v) is 15.2. The molecule has 0 bridgehead atoms. The van der Waals surface area contributed by atoms with Gasteiger partial charge in [-0.15, -0.1) is 0 Å². The van der Waals surface area contributed by atoms with Crippen LogP contribution in [-0.4, -0.2) is 5.43 Å². The van der Waals surface area contributed by atoms with Crippen LogP contribution < -0.4 is 12.4 Å². The first-order valence-corrected chi connectivity index (χ1v) is 11.6. The average molecular weight is 343 g/mol. The Kier molecular flexibility index (Phi) is 14.3. The van der Waals surface area contributed by atoms with Crippen molar-refractivity contribution in [2.75, 3.05) is 0 Å². The Labute approximate surface area is 127 Å². The van der Waals surface area contributed by atoms with Gasteiger partial charge in [0.1, 0.15) is 0 Å². The summed E-state index contributed by atoms with van der Waals surface area (Å²) in [5.41, 5.74) is 2.90. The molecule has 0 aliphatic rings. The van der Waals surface area contributed by atoms with Crippen molar-refractivity contribution < 1.29 is 35.7 Å². The van der Waals surface area contributed by atoms with Crippen molar-refractivity contribution in [1.82, 2.24) is 0 Å². The monoisotopic (exact) mass is 341 g/mol. The van der Waals surface area contributed by atoms with Crippen LogP contribution in [0.15, 0.2) is 48.5 Å². The molecule has 0 aliphatic heterocycles. The summed E-state index contributed by atoms with van der Waals surface area (Å²) in [5.74, 6) is 0. The third-order valence-corrected chi connectivity index (χ3v) is 1.66. The molecule has 0 N–H and O–H groups in total. The van der Waals surface area contributed by atoms with Crippen LogP contribution in [-0.2, 0) is 23.3 Å². The van der Waals surface area contributed by atoms with Gasteiger partial charge in [-0.1, -0.05) is 13.8 Å². The fourth-order valence-electron chi connectivity index (χ4n) is 0.940. The molecule has 0 amide bonds. The molecule has 0 unspecified atom stereocenters. The molecule has 2 rings (SSSR count). The molecule has 0 nitrogen and oxygen atoms in total. The Hall–Kier alpha value is 0.0900. The summed E-state index contributed by atoms with van der Waals surface area (Å²) in [6, 6.07) is 16.5. The van der Waals surface area contributed by atoms with E-state index in [0.717, 1.165) is 0 Å². The van der Waals surface area contributed by atoms with Gasteiger partial charge >= 0.3 is 41.9 Å². The summed E-state index contributed by atoms with van der Waals surface area (Å²) in [6.45, 7) is 8.78. The van der Waals surface area contributed by atoms with E-state index in [4.69, 9.17) is 0 Å². The van der Waals surface area contributed by atoms with E-state index in [1.807, 2.05) is 24.3 Å². The molecule has 3 heteroatoms. The number of hydrogen-bond acceptors (Lipinski definition) is 0. The van der Waals surface area contributed by atoms with Crippen LogP contribution in [0.4, 0.5) is 0 Å². The van der Waals surface area contributed by atoms with Crippen LogP contribution >= 0.6 is 0 Å². The van der Waals surface area contributed by atoms with Crippen LogP contribution in [0.2, 0.25) is 13.1 Å². The van der Waals surface area contributed by atoms with Gasteiger partial charge in [-0.3, -0.25) is 0 Å². The summed E-state index contributed by atoms with van der Waals surface area (Å²) in [6.07, 6.45) is 0. The van der Waals surface area contributed by atoms with Crippen molar-refractivity contribution in [3.8, 4) is 0 Å². The molecular formula is C14H20ClSiZr-3. The molecule has 94 valence electrons. The maximum Gasteiger partial charge on any atom is -0.0961 e. The Balaban J connectivity index is 0. The smallest absolute Gasteiger partial charge is 0.0961 e. The van der Waals surface area contributed by atoms with E-state index in [1.54, 1.807) is 23.3 Å². The zero-order chi connectivity index (χ0) is 12.4. The number of hydrogen-bond donors (Lipinski definition) is 0. The van der Waals surface area contributed by atoms with Gasteiger partial charge in [0.2, 0.25) is 0 Å². The molecule has 0 fully saturated rings. The van der Waals surface area contributed by atoms with Crippen LogP contribution in [0.25, 0.3) is 0 Å². The van der Waals surface area contributed by atoms with Crippen LogP contribution in [0.1, 0.15) is 11.1 Å². The fraction of sp³-hybridized carbons (Fsp3) is 0.286. The molecule has 2 aromatic rings. The van der Waals surface area contributed by atoms with Crippen LogP contribution in [0, 0.1) is 13.8 Å². The third-order valence-electron chi connectivity index (χ3n) is 1.66. The molecule has 0 radical (unpaired) electrons. The predicted octanol–water partition coefficient (Wildman–Crippen LogP) is 1.22. The first-order chi connectivity index (χ1) is 7.52. The van der Waals surface area contributed by atoms with Gasteiger partial charge in [0, 0.05) is 0 Å². The van der Waals surface area contributed by atoms with E-state index >= 15 is 0 Å². The summed E-state index contributed by atoms with van der Waals surface area (Å²) >= 11 is 1.74. The van der Waals surface area contributed by atoms with Gasteiger partial charge in [0.15, 0.2) is 0 Å². The maximum absolute atomic E-state index is 2.31. The van der Waals surface area contributed by atoms with E-state index in [1.165, 1.54) is 11.1 Å². The van der Waals surface area contributed by atoms with Crippen molar-refractivity contribution in [3.63, 3.8) is 0 Å². The largest absolute Gasteiger partial charge is 1.00 e. The molecule has 17 heavy (non-hydrogen) atoms. The van der Waals surface area contributed by atoms with Crippen molar-refractivity contribution in [2.45, 2.75) is 26.9 Å². The summed E-state index contributed by atoms with van der Waals surface area (Å²) in [5, 5.41) is 0. The summed E-state index contributed by atoms with van der Waals surface area (Å²) in [4.78, 5) is 0. The summed E-state index contributed by atoms with van der Waals surface area (Å²) in [7, 11) is 0. The molecule has 0 saturated carbocycles. The molecule has 2 aromatic carbocycles. The van der Waals surface area contributed by atoms with Crippen LogP contribution in [0.3, 0.4) is 0 Å². The minimum absolute atomic E-state index is 0.